The van der Waals surface area contributed by atoms with Gasteiger partial charge in [0, 0.05) is 0 Å². The Balaban J connectivity index is 2.46. The number of hydrogen-bond acceptors (Lipinski definition) is 3. The Kier molecular flexibility index (Phi) is 4.25. The van der Waals surface area contributed by atoms with Crippen molar-refractivity contribution in [1.82, 2.24) is 4.72 Å². The molecule has 1 heterocycles. The van der Waals surface area contributed by atoms with Crippen LogP contribution in [0.2, 0.25) is 0 Å². The minimum atomic E-state index is -3.60. The van der Waals surface area contributed by atoms with E-state index in [0.29, 0.717) is 10.7 Å². The standard InChI is InChI=1S/C16H21NO3S/c1-10-9-11(2)13(4)16(12(10)3)21(18,19)17-14(5)15-7-6-8-20-15/h6-9,14,17H,1-5H3/t14-/m0/s1. The van der Waals surface area contributed by atoms with Crippen molar-refractivity contribution in [1.29, 1.82) is 0 Å². The lowest BCUT2D eigenvalue weighted by molar-refractivity contribution is 0.459. The second kappa shape index (κ2) is 5.66. The largest absolute Gasteiger partial charge is 0.468 e. The van der Waals surface area contributed by atoms with E-state index in [0.717, 1.165) is 22.3 Å². The van der Waals surface area contributed by atoms with Gasteiger partial charge in [0.15, 0.2) is 0 Å². The zero-order valence-electron chi connectivity index (χ0n) is 13.0. The first-order chi connectivity index (χ1) is 9.74. The van der Waals surface area contributed by atoms with E-state index in [1.54, 1.807) is 19.1 Å². The molecule has 2 aromatic rings. The van der Waals surface area contributed by atoms with Crippen LogP contribution >= 0.6 is 0 Å². The van der Waals surface area contributed by atoms with Gasteiger partial charge in [0.2, 0.25) is 10.0 Å². The lowest BCUT2D eigenvalue weighted by Gasteiger charge is -2.18. The summed E-state index contributed by atoms with van der Waals surface area (Å²) in [6.45, 7) is 9.30. The smallest absolute Gasteiger partial charge is 0.241 e. The van der Waals surface area contributed by atoms with E-state index < -0.39 is 16.1 Å². The molecule has 1 aromatic carbocycles. The van der Waals surface area contributed by atoms with Gasteiger partial charge in [0.05, 0.1) is 17.2 Å². The van der Waals surface area contributed by atoms with Crippen molar-refractivity contribution >= 4 is 10.0 Å². The summed E-state index contributed by atoms with van der Waals surface area (Å²) in [5, 5.41) is 0. The van der Waals surface area contributed by atoms with Crippen molar-refractivity contribution < 1.29 is 12.8 Å². The molecule has 0 saturated heterocycles. The normalized spacial score (nSPS) is 13.4. The monoisotopic (exact) mass is 307 g/mol. The summed E-state index contributed by atoms with van der Waals surface area (Å²) >= 11 is 0. The molecule has 0 aliphatic rings. The molecule has 0 spiro atoms. The molecule has 0 unspecified atom stereocenters. The van der Waals surface area contributed by atoms with Gasteiger partial charge in [0.1, 0.15) is 5.76 Å². The topological polar surface area (TPSA) is 59.3 Å². The molecule has 114 valence electrons. The van der Waals surface area contributed by atoms with E-state index in [-0.39, 0.29) is 0 Å². The van der Waals surface area contributed by atoms with Crippen molar-refractivity contribution in [2.45, 2.75) is 45.6 Å². The second-order valence-electron chi connectivity index (χ2n) is 5.45. The number of sulfonamides is 1. The minimum absolute atomic E-state index is 0.374. The molecule has 0 fully saturated rings. The summed E-state index contributed by atoms with van der Waals surface area (Å²) in [5.41, 5.74) is 3.53. The van der Waals surface area contributed by atoms with Gasteiger partial charge >= 0.3 is 0 Å². The highest BCUT2D eigenvalue weighted by atomic mass is 32.2. The molecule has 0 amide bonds. The minimum Gasteiger partial charge on any atom is -0.468 e. The van der Waals surface area contributed by atoms with Crippen LogP contribution in [-0.4, -0.2) is 8.42 Å². The molecule has 4 nitrogen and oxygen atoms in total. The lowest BCUT2D eigenvalue weighted by Crippen LogP contribution is -2.28. The number of benzene rings is 1. The molecular formula is C16H21NO3S. The number of rotatable bonds is 4. The highest BCUT2D eigenvalue weighted by Gasteiger charge is 2.25. The SMILES string of the molecule is Cc1cc(C)c(C)c(S(=O)(=O)N[C@@H](C)c2ccco2)c1C. The fourth-order valence-electron chi connectivity index (χ4n) is 2.47. The summed E-state index contributed by atoms with van der Waals surface area (Å²) in [6, 6.07) is 5.10. The van der Waals surface area contributed by atoms with Gasteiger partial charge < -0.3 is 4.42 Å². The zero-order valence-corrected chi connectivity index (χ0v) is 13.8. The van der Waals surface area contributed by atoms with Gasteiger partial charge in [-0.1, -0.05) is 6.07 Å². The Morgan fingerprint density at radius 1 is 1.10 bits per heavy atom. The van der Waals surface area contributed by atoms with Crippen LogP contribution in [0.5, 0.6) is 0 Å². The van der Waals surface area contributed by atoms with Crippen LogP contribution < -0.4 is 4.72 Å². The Morgan fingerprint density at radius 2 is 1.67 bits per heavy atom. The predicted molar refractivity (Wildman–Crippen MR) is 82.8 cm³/mol. The van der Waals surface area contributed by atoms with Crippen LogP contribution in [0.4, 0.5) is 0 Å². The maximum Gasteiger partial charge on any atom is 0.241 e. The van der Waals surface area contributed by atoms with Crippen LogP contribution in [0.1, 0.15) is 41.0 Å². The van der Waals surface area contributed by atoms with Crippen molar-refractivity contribution in [2.24, 2.45) is 0 Å². The molecule has 0 aliphatic carbocycles. The summed E-state index contributed by atoms with van der Waals surface area (Å²) in [5.74, 6) is 0.596. The Hall–Kier alpha value is -1.59. The number of furan rings is 1. The van der Waals surface area contributed by atoms with Crippen molar-refractivity contribution in [3.8, 4) is 0 Å². The molecule has 21 heavy (non-hydrogen) atoms. The van der Waals surface area contributed by atoms with Crippen LogP contribution in [0.25, 0.3) is 0 Å². The summed E-state index contributed by atoms with van der Waals surface area (Å²) in [4.78, 5) is 0.374. The quantitative estimate of drug-likeness (QED) is 0.939. The van der Waals surface area contributed by atoms with Crippen LogP contribution in [0.15, 0.2) is 33.8 Å². The second-order valence-corrected chi connectivity index (χ2v) is 7.10. The Bertz CT molecular complexity index is 720. The fraction of sp³-hybridized carbons (Fsp3) is 0.375. The van der Waals surface area contributed by atoms with Crippen molar-refractivity contribution in [2.75, 3.05) is 0 Å². The highest BCUT2D eigenvalue weighted by molar-refractivity contribution is 7.89. The average Bonchev–Trinajstić information content (AvgIpc) is 2.89. The zero-order chi connectivity index (χ0) is 15.8. The van der Waals surface area contributed by atoms with Gasteiger partial charge in [-0.2, -0.15) is 0 Å². The molecule has 0 bridgehead atoms. The van der Waals surface area contributed by atoms with Crippen LogP contribution in [0.3, 0.4) is 0 Å². The van der Waals surface area contributed by atoms with Gasteiger partial charge in [-0.05, 0) is 69.0 Å². The number of nitrogens with one attached hydrogen (secondary N) is 1. The fourth-order valence-corrected chi connectivity index (χ4v) is 4.30. The molecule has 1 atom stereocenters. The maximum atomic E-state index is 12.7. The van der Waals surface area contributed by atoms with Gasteiger partial charge in [-0.25, -0.2) is 13.1 Å². The number of hydrogen-bond donors (Lipinski definition) is 1. The summed E-state index contributed by atoms with van der Waals surface area (Å²) < 4.78 is 33.4. The molecule has 0 radical (unpaired) electrons. The third-order valence-corrected chi connectivity index (χ3v) is 5.68. The molecule has 5 heteroatoms. The number of aryl methyl sites for hydroxylation is 2. The van der Waals surface area contributed by atoms with Crippen LogP contribution in [0, 0.1) is 27.7 Å². The van der Waals surface area contributed by atoms with E-state index in [9.17, 15) is 8.42 Å². The summed E-state index contributed by atoms with van der Waals surface area (Å²) in [6.07, 6.45) is 1.54. The van der Waals surface area contributed by atoms with E-state index in [1.807, 2.05) is 33.8 Å². The van der Waals surface area contributed by atoms with Crippen molar-refractivity contribution in [3.05, 3.63) is 52.5 Å². The van der Waals surface area contributed by atoms with E-state index >= 15 is 0 Å². The third kappa shape index (κ3) is 3.04. The average molecular weight is 307 g/mol. The van der Waals surface area contributed by atoms with Crippen molar-refractivity contribution in [3.63, 3.8) is 0 Å². The molecule has 0 saturated carbocycles. The van der Waals surface area contributed by atoms with Gasteiger partial charge in [-0.15, -0.1) is 0 Å². The van der Waals surface area contributed by atoms with E-state index in [2.05, 4.69) is 4.72 Å². The first-order valence-corrected chi connectivity index (χ1v) is 8.35. The molecular weight excluding hydrogens is 286 g/mol. The van der Waals surface area contributed by atoms with E-state index in [4.69, 9.17) is 4.42 Å². The highest BCUT2D eigenvalue weighted by Crippen LogP contribution is 2.27. The molecule has 1 aromatic heterocycles. The van der Waals surface area contributed by atoms with Gasteiger partial charge in [-0.3, -0.25) is 0 Å². The molecule has 1 N–H and O–H groups in total. The lowest BCUT2D eigenvalue weighted by atomic mass is 10.0. The van der Waals surface area contributed by atoms with Crippen LogP contribution in [-0.2, 0) is 10.0 Å². The third-order valence-electron chi connectivity index (χ3n) is 3.87. The maximum absolute atomic E-state index is 12.7. The summed E-state index contributed by atoms with van der Waals surface area (Å²) in [7, 11) is -3.60. The van der Waals surface area contributed by atoms with E-state index in [1.165, 1.54) is 6.26 Å². The first kappa shape index (κ1) is 15.8. The van der Waals surface area contributed by atoms with Gasteiger partial charge in [0.25, 0.3) is 0 Å². The predicted octanol–water partition coefficient (Wildman–Crippen LogP) is 3.55. The Morgan fingerprint density at radius 3 is 2.14 bits per heavy atom. The Labute approximate surface area is 126 Å². The molecule has 2 rings (SSSR count). The first-order valence-electron chi connectivity index (χ1n) is 6.87. The molecule has 0 aliphatic heterocycles.